The van der Waals surface area contributed by atoms with Crippen LogP contribution in [0.15, 0.2) is 79.0 Å². The molecule has 5 aromatic rings. The molecule has 0 amide bonds. The summed E-state index contributed by atoms with van der Waals surface area (Å²) in [6.45, 7) is 10.5. The Morgan fingerprint density at radius 1 is 0.875 bits per heavy atom. The monoisotopic (exact) mass is 557 g/mol. The molecule has 206 valence electrons. The zero-order valence-electron chi connectivity index (χ0n) is 23.4. The molecule has 0 radical (unpaired) electrons. The van der Waals surface area contributed by atoms with E-state index in [1.165, 1.54) is 12.1 Å². The molecule has 0 aliphatic carbocycles. The molecule has 0 saturated carbocycles. The van der Waals surface area contributed by atoms with Gasteiger partial charge in [-0.2, -0.15) is 0 Å². The third kappa shape index (κ3) is 5.36. The van der Waals surface area contributed by atoms with Crippen LogP contribution < -0.4 is 4.43 Å². The lowest BCUT2D eigenvalue weighted by molar-refractivity contribution is 0.440. The number of benzene rings is 3. The molecule has 2 aromatic heterocycles. The fourth-order valence-electron chi connectivity index (χ4n) is 4.42. The van der Waals surface area contributed by atoms with Crippen LogP contribution in [0.4, 0.5) is 8.78 Å². The molecule has 0 spiro atoms. The average molecular weight is 558 g/mol. The van der Waals surface area contributed by atoms with E-state index in [-0.39, 0.29) is 28.0 Å². The number of aromatic nitrogens is 3. The summed E-state index contributed by atoms with van der Waals surface area (Å²) in [5, 5.41) is 11.3. The van der Waals surface area contributed by atoms with Crippen LogP contribution in [0.2, 0.25) is 18.1 Å². The predicted molar refractivity (Wildman–Crippen MR) is 156 cm³/mol. The first-order chi connectivity index (χ1) is 18.9. The third-order valence-electron chi connectivity index (χ3n) is 7.69. The van der Waals surface area contributed by atoms with Gasteiger partial charge >= 0.3 is 0 Å². The summed E-state index contributed by atoms with van der Waals surface area (Å²) in [6.07, 6.45) is 2.23. The van der Waals surface area contributed by atoms with Crippen molar-refractivity contribution in [2.45, 2.75) is 51.7 Å². The maximum Gasteiger partial charge on any atom is 0.250 e. The number of fused-ring (bicyclic) bond motifs is 1. The Morgan fingerprint density at radius 3 is 2.23 bits per heavy atom. The first-order valence-corrected chi connectivity index (χ1v) is 16.2. The van der Waals surface area contributed by atoms with E-state index in [1.807, 2.05) is 30.3 Å². The lowest BCUT2D eigenvalue weighted by Gasteiger charge is -2.36. The number of hydrogen-bond donors (Lipinski definition) is 1. The van der Waals surface area contributed by atoms with Gasteiger partial charge in [-0.15, -0.1) is 0 Å². The first kappa shape index (κ1) is 27.5. The lowest BCUT2D eigenvalue weighted by Crippen LogP contribution is -2.44. The average Bonchev–Trinajstić information content (AvgIpc) is 3.22. The van der Waals surface area contributed by atoms with E-state index in [0.717, 1.165) is 11.1 Å². The second-order valence-electron chi connectivity index (χ2n) is 11.6. The maximum absolute atomic E-state index is 16.2. The highest BCUT2D eigenvalue weighted by molar-refractivity contribution is 6.74. The summed E-state index contributed by atoms with van der Waals surface area (Å²) in [7, 11) is -2.30. The second-order valence-corrected chi connectivity index (χ2v) is 16.3. The Morgan fingerprint density at radius 2 is 1.55 bits per heavy atom. The van der Waals surface area contributed by atoms with Gasteiger partial charge in [-0.25, -0.2) is 13.8 Å². The molecule has 1 N–H and O–H groups in total. The molecule has 8 heteroatoms. The summed E-state index contributed by atoms with van der Waals surface area (Å²) < 4.78 is 37.6. The van der Waals surface area contributed by atoms with Crippen LogP contribution in [0, 0.1) is 11.6 Å². The number of nitrogens with zero attached hydrogens (tertiary/aromatic N) is 3. The minimum absolute atomic E-state index is 0.0528. The highest BCUT2D eigenvalue weighted by Crippen LogP contribution is 2.40. The number of halogens is 2. The number of aromatic hydroxyl groups is 1. The lowest BCUT2D eigenvalue weighted by atomic mass is 10.0. The fraction of sp³-hybridized carbons (Fsp3) is 0.250. The predicted octanol–water partition coefficient (Wildman–Crippen LogP) is 7.95. The Hall–Kier alpha value is -4.04. The van der Waals surface area contributed by atoms with E-state index in [9.17, 15) is 9.50 Å². The summed E-state index contributed by atoms with van der Waals surface area (Å²) >= 11 is 0. The second kappa shape index (κ2) is 10.5. The molecular formula is C32H33F2N3O2Si. The van der Waals surface area contributed by atoms with Gasteiger partial charge in [-0.1, -0.05) is 69.3 Å². The van der Waals surface area contributed by atoms with E-state index in [4.69, 9.17) is 4.43 Å². The van der Waals surface area contributed by atoms with Crippen LogP contribution in [0.25, 0.3) is 16.9 Å². The molecule has 0 atom stereocenters. The van der Waals surface area contributed by atoms with Crippen LogP contribution in [0.1, 0.15) is 43.3 Å². The summed E-state index contributed by atoms with van der Waals surface area (Å²) in [4.78, 5) is 9.29. The molecule has 0 aliphatic heterocycles. The molecule has 40 heavy (non-hydrogen) atoms. The van der Waals surface area contributed by atoms with Gasteiger partial charge in [0.05, 0.1) is 17.6 Å². The normalized spacial score (nSPS) is 12.2. The van der Waals surface area contributed by atoms with Crippen molar-refractivity contribution < 1.29 is 18.3 Å². The number of hydrogen-bond acceptors (Lipinski definition) is 4. The van der Waals surface area contributed by atoms with Gasteiger partial charge in [0.1, 0.15) is 17.3 Å². The van der Waals surface area contributed by atoms with Crippen molar-refractivity contribution in [3.05, 3.63) is 113 Å². The van der Waals surface area contributed by atoms with Gasteiger partial charge in [0.25, 0.3) is 8.32 Å². The number of imidazole rings is 1. The van der Waals surface area contributed by atoms with E-state index in [0.29, 0.717) is 35.6 Å². The third-order valence-corrected chi connectivity index (χ3v) is 12.0. The minimum Gasteiger partial charge on any atom is -0.542 e. The summed E-state index contributed by atoms with van der Waals surface area (Å²) in [5.41, 5.74) is 3.93. The van der Waals surface area contributed by atoms with Crippen LogP contribution in [-0.4, -0.2) is 27.8 Å². The van der Waals surface area contributed by atoms with E-state index >= 15 is 4.39 Å². The quantitative estimate of drug-likeness (QED) is 0.206. The molecule has 3 aromatic carbocycles. The smallest absolute Gasteiger partial charge is 0.250 e. The summed E-state index contributed by atoms with van der Waals surface area (Å²) in [6, 6.07) is 20.9. The van der Waals surface area contributed by atoms with Crippen molar-refractivity contribution >= 4 is 14.0 Å². The van der Waals surface area contributed by atoms with Crippen LogP contribution in [-0.2, 0) is 12.8 Å². The van der Waals surface area contributed by atoms with Crippen molar-refractivity contribution in [3.63, 3.8) is 0 Å². The topological polar surface area (TPSA) is 59.7 Å². The van der Waals surface area contributed by atoms with E-state index < -0.39 is 14.1 Å². The Bertz CT molecular complexity index is 1660. The van der Waals surface area contributed by atoms with Crippen molar-refractivity contribution in [1.29, 1.82) is 0 Å². The van der Waals surface area contributed by atoms with Gasteiger partial charge in [-0.3, -0.25) is 9.38 Å². The Labute approximate surface area is 234 Å². The fourth-order valence-corrected chi connectivity index (χ4v) is 5.44. The van der Waals surface area contributed by atoms with Crippen molar-refractivity contribution in [2.24, 2.45) is 0 Å². The van der Waals surface area contributed by atoms with Crippen molar-refractivity contribution in [3.8, 4) is 22.9 Å². The molecule has 0 fully saturated rings. The van der Waals surface area contributed by atoms with Crippen molar-refractivity contribution in [1.82, 2.24) is 14.4 Å². The zero-order chi connectivity index (χ0) is 28.7. The standard InChI is InChI=1S/C32H33F2N3O2Si/c1-32(2,3)40(4,5)39-27-13-9-12-24(29(27)34)30-26(19-21-10-7-6-8-11-21)37-28(20-35-30)36-25(31(37)38)18-22-14-16-23(33)17-15-22/h6-17,20,38H,18-19H2,1-5H3. The van der Waals surface area contributed by atoms with Gasteiger partial charge in [0.2, 0.25) is 5.88 Å². The maximum atomic E-state index is 16.2. The molecule has 0 aliphatic rings. The molecule has 0 unspecified atom stereocenters. The Kier molecular flexibility index (Phi) is 7.22. The van der Waals surface area contributed by atoms with E-state index in [2.05, 4.69) is 43.8 Å². The summed E-state index contributed by atoms with van der Waals surface area (Å²) in [5.74, 6) is -0.671. The number of rotatable bonds is 7. The largest absolute Gasteiger partial charge is 0.542 e. The molecule has 0 saturated heterocycles. The molecule has 5 nitrogen and oxygen atoms in total. The van der Waals surface area contributed by atoms with Gasteiger partial charge < -0.3 is 9.53 Å². The van der Waals surface area contributed by atoms with Crippen molar-refractivity contribution in [2.75, 3.05) is 0 Å². The van der Waals surface area contributed by atoms with Crippen LogP contribution >= 0.6 is 0 Å². The van der Waals surface area contributed by atoms with Crippen LogP contribution in [0.5, 0.6) is 11.6 Å². The molecule has 5 rings (SSSR count). The zero-order valence-corrected chi connectivity index (χ0v) is 24.4. The van der Waals surface area contributed by atoms with Gasteiger partial charge in [0, 0.05) is 18.4 Å². The van der Waals surface area contributed by atoms with Gasteiger partial charge in [-0.05, 0) is 53.5 Å². The molecule has 2 heterocycles. The first-order valence-electron chi connectivity index (χ1n) is 13.3. The molecular weight excluding hydrogens is 524 g/mol. The minimum atomic E-state index is -2.30. The SMILES string of the molecule is CC(C)(C)[Si](C)(C)Oc1cccc(-c2ncc3nc(Cc4ccc(F)cc4)c(O)n3c2Cc2ccccc2)c1F. The van der Waals surface area contributed by atoms with Crippen LogP contribution in [0.3, 0.4) is 0 Å². The Balaban J connectivity index is 1.66. The molecule has 0 bridgehead atoms. The highest BCUT2D eigenvalue weighted by Gasteiger charge is 2.39. The van der Waals surface area contributed by atoms with E-state index in [1.54, 1.807) is 40.9 Å². The highest BCUT2D eigenvalue weighted by atomic mass is 28.4. The van der Waals surface area contributed by atoms with Gasteiger partial charge in [0.15, 0.2) is 11.5 Å².